The summed E-state index contributed by atoms with van der Waals surface area (Å²) in [6, 6.07) is 4.20. The van der Waals surface area contributed by atoms with Crippen LogP contribution >= 0.6 is 0 Å². The van der Waals surface area contributed by atoms with Crippen molar-refractivity contribution in [3.05, 3.63) is 29.6 Å². The maximum Gasteiger partial charge on any atom is 0.134 e. The number of methoxy groups -OCH3 is 1. The van der Waals surface area contributed by atoms with Gasteiger partial charge in [-0.2, -0.15) is 0 Å². The van der Waals surface area contributed by atoms with E-state index in [9.17, 15) is 9.50 Å². The molecule has 0 fully saturated rings. The minimum atomic E-state index is -0.681. The molecule has 110 valence electrons. The van der Waals surface area contributed by atoms with E-state index in [1.54, 1.807) is 6.07 Å². The Kier molecular flexibility index (Phi) is 7.11. The highest BCUT2D eigenvalue weighted by atomic mass is 19.1. The summed E-state index contributed by atoms with van der Waals surface area (Å²) in [5.41, 5.74) is 0.469. The van der Waals surface area contributed by atoms with Gasteiger partial charge in [0.1, 0.15) is 17.7 Å². The summed E-state index contributed by atoms with van der Waals surface area (Å²) in [5, 5.41) is 10.1. The predicted molar refractivity (Wildman–Crippen MR) is 79.1 cm³/mol. The predicted octanol–water partition coefficient (Wildman–Crippen LogP) is 3.76. The smallest absolute Gasteiger partial charge is 0.134 e. The Morgan fingerprint density at radius 1 is 1.35 bits per heavy atom. The molecule has 1 N–H and O–H groups in total. The van der Waals surface area contributed by atoms with Crippen LogP contribution in [-0.4, -0.2) is 18.3 Å². The molecular formula is C17H23FO2. The first-order valence-electron chi connectivity index (χ1n) is 7.15. The first kappa shape index (κ1) is 16.5. The number of hydrogen-bond donors (Lipinski definition) is 1. The number of aliphatic hydroxyl groups is 1. The molecule has 0 aliphatic carbocycles. The third-order valence-corrected chi connectivity index (χ3v) is 3.42. The van der Waals surface area contributed by atoms with Crippen LogP contribution in [0.3, 0.4) is 0 Å². The van der Waals surface area contributed by atoms with E-state index < -0.39 is 6.10 Å². The van der Waals surface area contributed by atoms with Crippen molar-refractivity contribution in [2.24, 2.45) is 5.92 Å². The molecule has 0 bridgehead atoms. The summed E-state index contributed by atoms with van der Waals surface area (Å²) in [7, 11) is 1.52. The van der Waals surface area contributed by atoms with E-state index in [0.29, 0.717) is 11.3 Å². The lowest BCUT2D eigenvalue weighted by atomic mass is 9.93. The average Bonchev–Trinajstić information content (AvgIpc) is 2.46. The highest BCUT2D eigenvalue weighted by Gasteiger charge is 2.14. The van der Waals surface area contributed by atoms with Crippen LogP contribution in [0.1, 0.15) is 45.1 Å². The fraction of sp³-hybridized carbons (Fsp3) is 0.529. The van der Waals surface area contributed by atoms with Gasteiger partial charge in [0.15, 0.2) is 0 Å². The molecule has 2 unspecified atom stereocenters. The molecule has 1 aromatic rings. The van der Waals surface area contributed by atoms with Crippen LogP contribution < -0.4 is 4.74 Å². The summed E-state index contributed by atoms with van der Waals surface area (Å²) in [4.78, 5) is 0. The fourth-order valence-corrected chi connectivity index (χ4v) is 2.10. The first-order valence-corrected chi connectivity index (χ1v) is 7.15. The zero-order chi connectivity index (χ0) is 15.0. The number of aliphatic hydroxyl groups excluding tert-OH is 1. The molecule has 0 saturated heterocycles. The third kappa shape index (κ3) is 4.86. The molecule has 0 radical (unpaired) electrons. The molecule has 1 aromatic carbocycles. The van der Waals surface area contributed by atoms with Gasteiger partial charge < -0.3 is 9.84 Å². The van der Waals surface area contributed by atoms with Crippen molar-refractivity contribution in [3.63, 3.8) is 0 Å². The molecule has 0 heterocycles. The SMILES string of the molecule is CCCCC(CC)C(O)C#Cc1cc(F)ccc1OC. The first-order chi connectivity index (χ1) is 9.62. The quantitative estimate of drug-likeness (QED) is 0.803. The monoisotopic (exact) mass is 278 g/mol. The van der Waals surface area contributed by atoms with Crippen molar-refractivity contribution >= 4 is 0 Å². The Morgan fingerprint density at radius 3 is 2.70 bits per heavy atom. The van der Waals surface area contributed by atoms with E-state index in [0.717, 1.165) is 25.7 Å². The second-order valence-electron chi connectivity index (χ2n) is 4.87. The van der Waals surface area contributed by atoms with Gasteiger partial charge >= 0.3 is 0 Å². The van der Waals surface area contributed by atoms with E-state index in [2.05, 4.69) is 18.8 Å². The lowest BCUT2D eigenvalue weighted by Crippen LogP contribution is -2.17. The van der Waals surface area contributed by atoms with Gasteiger partial charge in [-0.25, -0.2) is 4.39 Å². The Balaban J connectivity index is 2.84. The second-order valence-corrected chi connectivity index (χ2v) is 4.87. The van der Waals surface area contributed by atoms with E-state index in [-0.39, 0.29) is 11.7 Å². The highest BCUT2D eigenvalue weighted by Crippen LogP contribution is 2.19. The van der Waals surface area contributed by atoms with Crippen LogP contribution in [0.4, 0.5) is 4.39 Å². The molecule has 0 amide bonds. The minimum Gasteiger partial charge on any atom is -0.495 e. The molecule has 0 saturated carbocycles. The summed E-state index contributed by atoms with van der Waals surface area (Å²) in [6.07, 6.45) is 3.35. The van der Waals surface area contributed by atoms with Crippen LogP contribution in [0.25, 0.3) is 0 Å². The number of halogens is 1. The summed E-state index contributed by atoms with van der Waals surface area (Å²) in [6.45, 7) is 4.18. The van der Waals surface area contributed by atoms with Crippen molar-refractivity contribution in [1.82, 2.24) is 0 Å². The zero-order valence-electron chi connectivity index (χ0n) is 12.4. The summed E-state index contributed by atoms with van der Waals surface area (Å²) < 4.78 is 18.3. The van der Waals surface area contributed by atoms with Crippen LogP contribution in [0.5, 0.6) is 5.75 Å². The largest absolute Gasteiger partial charge is 0.495 e. The highest BCUT2D eigenvalue weighted by molar-refractivity contribution is 5.46. The number of hydrogen-bond acceptors (Lipinski definition) is 2. The van der Waals surface area contributed by atoms with Crippen molar-refractivity contribution in [1.29, 1.82) is 0 Å². The summed E-state index contributed by atoms with van der Waals surface area (Å²) >= 11 is 0. The molecule has 0 aliphatic rings. The maximum atomic E-state index is 13.2. The van der Waals surface area contributed by atoms with E-state index >= 15 is 0 Å². The Labute approximate surface area is 121 Å². The number of rotatable bonds is 6. The molecule has 20 heavy (non-hydrogen) atoms. The van der Waals surface area contributed by atoms with Crippen LogP contribution in [0, 0.1) is 23.6 Å². The van der Waals surface area contributed by atoms with Gasteiger partial charge in [-0.05, 0) is 37.0 Å². The summed E-state index contributed by atoms with van der Waals surface area (Å²) in [5.74, 6) is 5.98. The van der Waals surface area contributed by atoms with Crippen molar-refractivity contribution in [2.75, 3.05) is 7.11 Å². The van der Waals surface area contributed by atoms with Crippen molar-refractivity contribution in [2.45, 2.75) is 45.6 Å². The Morgan fingerprint density at radius 2 is 2.10 bits per heavy atom. The standard InChI is InChI=1S/C17H23FO2/c1-4-6-7-13(5-2)16(19)10-8-14-12-15(18)9-11-17(14)20-3/h9,11-13,16,19H,4-7H2,1-3H3. The molecular weight excluding hydrogens is 255 g/mol. The maximum absolute atomic E-state index is 13.2. The molecule has 1 rings (SSSR count). The van der Waals surface area contributed by atoms with Gasteiger partial charge in [-0.1, -0.05) is 38.5 Å². The normalized spacial score (nSPS) is 13.2. The van der Waals surface area contributed by atoms with Gasteiger partial charge in [0.25, 0.3) is 0 Å². The van der Waals surface area contributed by atoms with Gasteiger partial charge in [-0.3, -0.25) is 0 Å². The molecule has 3 heteroatoms. The second kappa shape index (κ2) is 8.60. The van der Waals surface area contributed by atoms with Crippen LogP contribution in [-0.2, 0) is 0 Å². The Hall–Kier alpha value is -1.53. The van der Waals surface area contributed by atoms with E-state index in [1.807, 2.05) is 6.92 Å². The zero-order valence-corrected chi connectivity index (χ0v) is 12.4. The lowest BCUT2D eigenvalue weighted by molar-refractivity contribution is 0.150. The minimum absolute atomic E-state index is 0.169. The van der Waals surface area contributed by atoms with Crippen molar-refractivity contribution < 1.29 is 14.2 Å². The number of unbranched alkanes of at least 4 members (excludes halogenated alkanes) is 1. The Bertz CT molecular complexity index is 474. The third-order valence-electron chi connectivity index (χ3n) is 3.42. The number of benzene rings is 1. The van der Waals surface area contributed by atoms with Crippen molar-refractivity contribution in [3.8, 4) is 17.6 Å². The molecule has 0 aliphatic heterocycles. The lowest BCUT2D eigenvalue weighted by Gasteiger charge is -2.16. The van der Waals surface area contributed by atoms with Gasteiger partial charge in [0.2, 0.25) is 0 Å². The van der Waals surface area contributed by atoms with Crippen LogP contribution in [0.2, 0.25) is 0 Å². The van der Waals surface area contributed by atoms with Crippen LogP contribution in [0.15, 0.2) is 18.2 Å². The molecule has 2 nitrogen and oxygen atoms in total. The van der Waals surface area contributed by atoms with E-state index in [1.165, 1.54) is 19.2 Å². The average molecular weight is 278 g/mol. The van der Waals surface area contributed by atoms with Gasteiger partial charge in [-0.15, -0.1) is 0 Å². The fourth-order valence-electron chi connectivity index (χ4n) is 2.10. The van der Waals surface area contributed by atoms with E-state index in [4.69, 9.17) is 4.74 Å². The topological polar surface area (TPSA) is 29.5 Å². The van der Waals surface area contributed by atoms with Gasteiger partial charge in [0.05, 0.1) is 12.7 Å². The molecule has 2 atom stereocenters. The molecule has 0 spiro atoms. The van der Waals surface area contributed by atoms with Gasteiger partial charge in [0, 0.05) is 0 Å². The molecule has 0 aromatic heterocycles. The number of ether oxygens (including phenoxy) is 1.